The minimum Gasteiger partial charge on any atom is -0.376 e. The van der Waals surface area contributed by atoms with Gasteiger partial charge < -0.3 is 9.64 Å². The van der Waals surface area contributed by atoms with Crippen LogP contribution in [0.15, 0.2) is 18.3 Å². The summed E-state index contributed by atoms with van der Waals surface area (Å²) in [6, 6.07) is 4.32. The second-order valence-corrected chi connectivity index (χ2v) is 7.79. The molecule has 3 fully saturated rings. The number of hydrogen-bond donors (Lipinski definition) is 1. The van der Waals surface area contributed by atoms with E-state index in [9.17, 15) is 4.79 Å². The van der Waals surface area contributed by atoms with E-state index in [0.717, 1.165) is 48.0 Å². The first-order valence-corrected chi connectivity index (χ1v) is 9.04. The highest BCUT2D eigenvalue weighted by Gasteiger charge is 2.60. The van der Waals surface area contributed by atoms with Gasteiger partial charge in [0, 0.05) is 24.0 Å². The molecule has 1 spiro atoms. The van der Waals surface area contributed by atoms with Gasteiger partial charge in [-0.1, -0.05) is 6.42 Å². The molecule has 1 N–H and O–H groups in total. The van der Waals surface area contributed by atoms with Crippen molar-refractivity contribution in [1.29, 1.82) is 0 Å². The second-order valence-electron chi connectivity index (χ2n) is 7.79. The van der Waals surface area contributed by atoms with Gasteiger partial charge in [-0.15, -0.1) is 0 Å². The Kier molecular flexibility index (Phi) is 3.05. The average Bonchev–Trinajstić information content (AvgIpc) is 3.14. The molecular weight excluding hydrogens is 302 g/mol. The molecule has 2 saturated heterocycles. The fourth-order valence-corrected chi connectivity index (χ4v) is 5.01. The minimum absolute atomic E-state index is 0.131. The van der Waals surface area contributed by atoms with Gasteiger partial charge in [0.2, 0.25) is 0 Å². The van der Waals surface area contributed by atoms with Crippen LogP contribution in [0.3, 0.4) is 0 Å². The predicted octanol–water partition coefficient (Wildman–Crippen LogP) is 3.05. The van der Waals surface area contributed by atoms with Crippen LogP contribution in [-0.2, 0) is 4.74 Å². The first kappa shape index (κ1) is 14.5. The van der Waals surface area contributed by atoms with Gasteiger partial charge in [-0.2, -0.15) is 5.10 Å². The highest BCUT2D eigenvalue weighted by atomic mass is 16.5. The summed E-state index contributed by atoms with van der Waals surface area (Å²) in [6.07, 6.45) is 8.01. The summed E-state index contributed by atoms with van der Waals surface area (Å²) < 4.78 is 5.99. The van der Waals surface area contributed by atoms with Crippen LogP contribution >= 0.6 is 0 Å². The molecule has 1 saturated carbocycles. The molecule has 2 aromatic rings. The van der Waals surface area contributed by atoms with Gasteiger partial charge in [0.15, 0.2) is 0 Å². The van der Waals surface area contributed by atoms with Crippen molar-refractivity contribution in [2.24, 2.45) is 5.41 Å². The zero-order valence-corrected chi connectivity index (χ0v) is 14.0. The molecule has 1 aromatic carbocycles. The highest BCUT2D eigenvalue weighted by molar-refractivity contribution is 6.06. The molecule has 0 radical (unpaired) electrons. The fourth-order valence-electron chi connectivity index (χ4n) is 5.01. The number of likely N-dealkylation sites (tertiary alicyclic amines) is 1. The smallest absolute Gasteiger partial charge is 0.256 e. The van der Waals surface area contributed by atoms with Crippen LogP contribution in [0.5, 0.6) is 0 Å². The molecule has 5 heteroatoms. The van der Waals surface area contributed by atoms with E-state index in [2.05, 4.69) is 21.2 Å². The molecule has 0 bridgehead atoms. The standard InChI is InChI=1S/C19H23N3O2/c1-12-8-13-10-20-21-16(13)14(9-12)18(23)22-11-19(5-3-6-19)17(22)15-4-2-7-24-15/h8-10,15,17H,2-7,11H2,1H3,(H,20,21). The Labute approximate surface area is 141 Å². The van der Waals surface area contributed by atoms with Gasteiger partial charge in [0.25, 0.3) is 5.91 Å². The van der Waals surface area contributed by atoms with E-state index in [1.165, 1.54) is 19.3 Å². The van der Waals surface area contributed by atoms with Crippen molar-refractivity contribution in [1.82, 2.24) is 15.1 Å². The van der Waals surface area contributed by atoms with Crippen LogP contribution in [0.2, 0.25) is 0 Å². The summed E-state index contributed by atoms with van der Waals surface area (Å²) in [6.45, 7) is 3.76. The lowest BCUT2D eigenvalue weighted by Gasteiger charge is -2.63. The number of aromatic amines is 1. The Morgan fingerprint density at radius 2 is 2.25 bits per heavy atom. The zero-order chi connectivity index (χ0) is 16.3. The number of benzene rings is 1. The third kappa shape index (κ3) is 1.91. The normalized spacial score (nSPS) is 28.1. The van der Waals surface area contributed by atoms with E-state index >= 15 is 0 Å². The maximum atomic E-state index is 13.3. The lowest BCUT2D eigenvalue weighted by molar-refractivity contribution is -0.150. The molecule has 1 aromatic heterocycles. The summed E-state index contributed by atoms with van der Waals surface area (Å²) in [5.74, 6) is 0.131. The molecule has 24 heavy (non-hydrogen) atoms. The first-order chi connectivity index (χ1) is 11.7. The third-order valence-corrected chi connectivity index (χ3v) is 6.30. The van der Waals surface area contributed by atoms with Crippen molar-refractivity contribution in [2.45, 2.75) is 51.2 Å². The number of carbonyl (C=O) groups is 1. The maximum Gasteiger partial charge on any atom is 0.256 e. The molecular formula is C19H23N3O2. The quantitative estimate of drug-likeness (QED) is 0.923. The summed E-state index contributed by atoms with van der Waals surface area (Å²) in [5.41, 5.74) is 3.03. The molecule has 126 valence electrons. The third-order valence-electron chi connectivity index (χ3n) is 6.30. The SMILES string of the molecule is Cc1cc(C(=O)N2CC3(CCC3)C2C2CCCO2)c2[nH]ncc2c1. The summed E-state index contributed by atoms with van der Waals surface area (Å²) in [5, 5.41) is 8.13. The van der Waals surface area contributed by atoms with Crippen molar-refractivity contribution in [3.05, 3.63) is 29.5 Å². The van der Waals surface area contributed by atoms with Crippen LogP contribution in [-0.4, -0.2) is 46.3 Å². The summed E-state index contributed by atoms with van der Waals surface area (Å²) in [7, 11) is 0. The maximum absolute atomic E-state index is 13.3. The highest BCUT2D eigenvalue weighted by Crippen LogP contribution is 2.56. The number of ether oxygens (including phenoxy) is 1. The van der Waals surface area contributed by atoms with Crippen LogP contribution in [0, 0.1) is 12.3 Å². The Morgan fingerprint density at radius 3 is 2.96 bits per heavy atom. The number of H-pyrrole nitrogens is 1. The van der Waals surface area contributed by atoms with Crippen molar-refractivity contribution < 1.29 is 9.53 Å². The minimum atomic E-state index is 0.131. The number of nitrogens with zero attached hydrogens (tertiary/aromatic N) is 2. The number of nitrogens with one attached hydrogen (secondary N) is 1. The Hall–Kier alpha value is -1.88. The Balaban J connectivity index is 1.50. The van der Waals surface area contributed by atoms with Gasteiger partial charge in [-0.3, -0.25) is 9.89 Å². The molecule has 1 aliphatic carbocycles. The van der Waals surface area contributed by atoms with E-state index in [4.69, 9.17) is 4.74 Å². The van der Waals surface area contributed by atoms with Gasteiger partial charge >= 0.3 is 0 Å². The number of aryl methyl sites for hydroxylation is 1. The number of fused-ring (bicyclic) bond motifs is 1. The van der Waals surface area contributed by atoms with Crippen molar-refractivity contribution >= 4 is 16.8 Å². The molecule has 2 atom stereocenters. The first-order valence-electron chi connectivity index (χ1n) is 9.04. The van der Waals surface area contributed by atoms with E-state index in [1.54, 1.807) is 6.20 Å². The predicted molar refractivity (Wildman–Crippen MR) is 90.9 cm³/mol. The molecule has 1 amide bonds. The van der Waals surface area contributed by atoms with Crippen LogP contribution in [0.4, 0.5) is 0 Å². The van der Waals surface area contributed by atoms with Gasteiger partial charge in [-0.05, 0) is 50.3 Å². The number of amides is 1. The number of carbonyl (C=O) groups excluding carboxylic acids is 1. The Bertz CT molecular complexity index is 802. The van der Waals surface area contributed by atoms with Crippen molar-refractivity contribution in [2.75, 3.05) is 13.2 Å². The van der Waals surface area contributed by atoms with E-state index in [1.807, 2.05) is 13.0 Å². The lowest BCUT2D eigenvalue weighted by atomic mass is 9.56. The molecule has 3 heterocycles. The zero-order valence-electron chi connectivity index (χ0n) is 14.0. The summed E-state index contributed by atoms with van der Waals surface area (Å²) >= 11 is 0. The van der Waals surface area contributed by atoms with Crippen molar-refractivity contribution in [3.63, 3.8) is 0 Å². The van der Waals surface area contributed by atoms with Gasteiger partial charge in [0.05, 0.1) is 29.4 Å². The van der Waals surface area contributed by atoms with Crippen LogP contribution in [0.25, 0.3) is 10.9 Å². The van der Waals surface area contributed by atoms with Crippen LogP contribution in [0.1, 0.15) is 48.0 Å². The molecule has 2 unspecified atom stereocenters. The van der Waals surface area contributed by atoms with E-state index in [0.29, 0.717) is 5.41 Å². The van der Waals surface area contributed by atoms with E-state index < -0.39 is 0 Å². The molecule has 5 rings (SSSR count). The van der Waals surface area contributed by atoms with Gasteiger partial charge in [-0.25, -0.2) is 0 Å². The monoisotopic (exact) mass is 325 g/mol. The largest absolute Gasteiger partial charge is 0.376 e. The number of hydrogen-bond acceptors (Lipinski definition) is 3. The van der Waals surface area contributed by atoms with E-state index in [-0.39, 0.29) is 18.1 Å². The summed E-state index contributed by atoms with van der Waals surface area (Å²) in [4.78, 5) is 15.4. The molecule has 2 aliphatic heterocycles. The van der Waals surface area contributed by atoms with Crippen LogP contribution < -0.4 is 0 Å². The average molecular weight is 325 g/mol. The van der Waals surface area contributed by atoms with Gasteiger partial charge in [0.1, 0.15) is 0 Å². The van der Waals surface area contributed by atoms with Crippen molar-refractivity contribution in [3.8, 4) is 0 Å². The fraction of sp³-hybridized carbons (Fsp3) is 0.579. The number of rotatable bonds is 2. The molecule has 3 aliphatic rings. The topological polar surface area (TPSA) is 58.2 Å². The lowest BCUT2D eigenvalue weighted by Crippen LogP contribution is -2.72. The Morgan fingerprint density at radius 1 is 1.38 bits per heavy atom. The second kappa shape index (κ2) is 5.06. The number of aromatic nitrogens is 2. The molecule has 5 nitrogen and oxygen atoms in total.